The molecule has 0 aromatic heterocycles. The Kier molecular flexibility index (Phi) is 2.80. The van der Waals surface area contributed by atoms with E-state index in [0.29, 0.717) is 5.92 Å². The molecule has 2 nitrogen and oxygen atoms in total. The highest BCUT2D eigenvalue weighted by molar-refractivity contribution is 6.50. The minimum atomic E-state index is -0.496. The summed E-state index contributed by atoms with van der Waals surface area (Å²) in [6, 6.07) is 10.3. The van der Waals surface area contributed by atoms with Crippen molar-refractivity contribution in [2.24, 2.45) is 10.9 Å². The molecule has 1 aromatic carbocycles. The van der Waals surface area contributed by atoms with Gasteiger partial charge in [-0.15, -0.1) is 23.2 Å². The van der Waals surface area contributed by atoms with E-state index in [1.165, 1.54) is 5.56 Å². The molecule has 90 valence electrons. The van der Waals surface area contributed by atoms with Crippen molar-refractivity contribution in [2.45, 2.75) is 10.8 Å². The first-order valence-electron chi connectivity index (χ1n) is 5.89. The van der Waals surface area contributed by atoms with E-state index in [4.69, 9.17) is 23.2 Å². The second-order valence-corrected chi connectivity index (χ2v) is 6.22. The molecule has 1 atom stereocenters. The van der Waals surface area contributed by atoms with E-state index < -0.39 is 4.33 Å². The molecule has 1 fully saturated rings. The Morgan fingerprint density at radius 1 is 1.29 bits per heavy atom. The second-order valence-electron chi connectivity index (χ2n) is 4.68. The molecule has 17 heavy (non-hydrogen) atoms. The van der Waals surface area contributed by atoms with Gasteiger partial charge in [0.2, 0.25) is 0 Å². The van der Waals surface area contributed by atoms with E-state index in [2.05, 4.69) is 22.0 Å². The van der Waals surface area contributed by atoms with Gasteiger partial charge in [0.25, 0.3) is 0 Å². The van der Waals surface area contributed by atoms with Crippen molar-refractivity contribution < 1.29 is 0 Å². The fourth-order valence-electron chi connectivity index (χ4n) is 2.26. The van der Waals surface area contributed by atoms with Crippen LogP contribution in [0.1, 0.15) is 12.0 Å². The lowest BCUT2D eigenvalue weighted by molar-refractivity contribution is 0.433. The van der Waals surface area contributed by atoms with Crippen LogP contribution in [0.4, 0.5) is 0 Å². The molecule has 1 unspecified atom stereocenters. The topological polar surface area (TPSA) is 15.6 Å². The summed E-state index contributed by atoms with van der Waals surface area (Å²) in [4.78, 5) is 6.87. The molecule has 0 N–H and O–H groups in total. The molecule has 1 aromatic rings. The molecule has 0 spiro atoms. The molecule has 0 bridgehead atoms. The van der Waals surface area contributed by atoms with Crippen molar-refractivity contribution in [3.63, 3.8) is 0 Å². The van der Waals surface area contributed by atoms with Crippen molar-refractivity contribution in [3.8, 4) is 0 Å². The minimum Gasteiger partial charge on any atom is -0.354 e. The van der Waals surface area contributed by atoms with Crippen molar-refractivity contribution in [3.05, 3.63) is 35.9 Å². The first-order chi connectivity index (χ1) is 8.17. The summed E-state index contributed by atoms with van der Waals surface area (Å²) in [5, 5.41) is 0. The standard InChI is InChI=1S/C13H14Cl2N2/c14-13(15)8-11(13)9-17-7-6-16-12(17)10-4-2-1-3-5-10/h1-5,11H,6-9H2. The van der Waals surface area contributed by atoms with E-state index in [-0.39, 0.29) is 0 Å². The van der Waals surface area contributed by atoms with Crippen LogP contribution in [-0.4, -0.2) is 34.7 Å². The lowest BCUT2D eigenvalue weighted by atomic mass is 10.2. The predicted octanol–water partition coefficient (Wildman–Crippen LogP) is 2.94. The van der Waals surface area contributed by atoms with Gasteiger partial charge in [0.1, 0.15) is 10.2 Å². The van der Waals surface area contributed by atoms with E-state index in [9.17, 15) is 0 Å². The molecular weight excluding hydrogens is 255 g/mol. The van der Waals surface area contributed by atoms with Crippen molar-refractivity contribution in [1.82, 2.24) is 4.90 Å². The number of alkyl halides is 2. The third kappa shape index (κ3) is 2.29. The zero-order valence-electron chi connectivity index (χ0n) is 9.44. The Hall–Kier alpha value is -0.730. The monoisotopic (exact) mass is 268 g/mol. The smallest absolute Gasteiger partial charge is 0.131 e. The van der Waals surface area contributed by atoms with Crippen LogP contribution in [0, 0.1) is 5.92 Å². The highest BCUT2D eigenvalue weighted by Gasteiger charge is 2.52. The highest BCUT2D eigenvalue weighted by Crippen LogP contribution is 2.53. The fraction of sp³-hybridized carbons (Fsp3) is 0.462. The van der Waals surface area contributed by atoms with Gasteiger partial charge in [0.15, 0.2) is 0 Å². The third-order valence-electron chi connectivity index (χ3n) is 3.36. The van der Waals surface area contributed by atoms with Gasteiger partial charge < -0.3 is 4.90 Å². The summed E-state index contributed by atoms with van der Waals surface area (Å²) in [7, 11) is 0. The third-order valence-corrected chi connectivity index (χ3v) is 4.29. The van der Waals surface area contributed by atoms with Crippen LogP contribution >= 0.6 is 23.2 Å². The van der Waals surface area contributed by atoms with E-state index in [1.54, 1.807) is 0 Å². The zero-order valence-corrected chi connectivity index (χ0v) is 11.0. The minimum absolute atomic E-state index is 0.387. The van der Waals surface area contributed by atoms with Gasteiger partial charge in [-0.1, -0.05) is 30.3 Å². The molecule has 1 aliphatic heterocycles. The molecule has 3 rings (SSSR count). The van der Waals surface area contributed by atoms with Gasteiger partial charge in [-0.25, -0.2) is 0 Å². The molecule has 4 heteroatoms. The van der Waals surface area contributed by atoms with Gasteiger partial charge in [0, 0.05) is 24.6 Å². The summed E-state index contributed by atoms with van der Waals surface area (Å²) in [6.45, 7) is 2.76. The number of aliphatic imine (C=N–C) groups is 1. The predicted molar refractivity (Wildman–Crippen MR) is 72.0 cm³/mol. The Bertz CT molecular complexity index is 442. The summed E-state index contributed by atoms with van der Waals surface area (Å²) >= 11 is 12.2. The molecule has 0 saturated heterocycles. The quantitative estimate of drug-likeness (QED) is 0.770. The molecule has 2 aliphatic rings. The van der Waals surface area contributed by atoms with Crippen LogP contribution in [-0.2, 0) is 0 Å². The van der Waals surface area contributed by atoms with Crippen molar-refractivity contribution >= 4 is 29.0 Å². The Morgan fingerprint density at radius 2 is 2.00 bits per heavy atom. The van der Waals surface area contributed by atoms with Gasteiger partial charge in [-0.3, -0.25) is 4.99 Å². The van der Waals surface area contributed by atoms with Crippen LogP contribution in [0.2, 0.25) is 0 Å². The normalized spacial score (nSPS) is 25.9. The van der Waals surface area contributed by atoms with E-state index in [1.807, 2.05) is 18.2 Å². The number of nitrogens with zero attached hydrogens (tertiary/aromatic N) is 2. The molecule has 1 heterocycles. The van der Waals surface area contributed by atoms with Gasteiger partial charge in [-0.2, -0.15) is 0 Å². The average molecular weight is 269 g/mol. The second kappa shape index (κ2) is 4.18. The Labute approximate surface area is 111 Å². The average Bonchev–Trinajstić information content (AvgIpc) is 2.76. The largest absolute Gasteiger partial charge is 0.354 e. The highest BCUT2D eigenvalue weighted by atomic mass is 35.5. The van der Waals surface area contributed by atoms with Crippen LogP contribution in [0.5, 0.6) is 0 Å². The number of rotatable bonds is 3. The number of amidine groups is 1. The zero-order chi connectivity index (χ0) is 11.9. The van der Waals surface area contributed by atoms with Crippen LogP contribution < -0.4 is 0 Å². The van der Waals surface area contributed by atoms with Crippen LogP contribution in [0.25, 0.3) is 0 Å². The summed E-state index contributed by atoms with van der Waals surface area (Å²) in [5.41, 5.74) is 1.18. The van der Waals surface area contributed by atoms with Crippen LogP contribution in [0.3, 0.4) is 0 Å². The maximum Gasteiger partial charge on any atom is 0.131 e. The number of hydrogen-bond acceptors (Lipinski definition) is 2. The summed E-state index contributed by atoms with van der Waals surface area (Å²) < 4.78 is -0.496. The SMILES string of the molecule is ClC1(Cl)CC1CN1CCN=C1c1ccccc1. The lowest BCUT2D eigenvalue weighted by Gasteiger charge is -2.20. The molecule has 0 amide bonds. The Balaban J connectivity index is 1.72. The summed E-state index contributed by atoms with van der Waals surface area (Å²) in [5.74, 6) is 1.47. The number of benzene rings is 1. The van der Waals surface area contributed by atoms with Crippen molar-refractivity contribution in [1.29, 1.82) is 0 Å². The molecule has 1 saturated carbocycles. The molecule has 0 radical (unpaired) electrons. The number of halogens is 2. The van der Waals surface area contributed by atoms with Crippen LogP contribution in [0.15, 0.2) is 35.3 Å². The van der Waals surface area contributed by atoms with Gasteiger partial charge >= 0.3 is 0 Å². The summed E-state index contributed by atoms with van der Waals surface area (Å²) in [6.07, 6.45) is 0.898. The lowest BCUT2D eigenvalue weighted by Crippen LogP contribution is -2.31. The number of hydrogen-bond donors (Lipinski definition) is 0. The van der Waals surface area contributed by atoms with Gasteiger partial charge in [0.05, 0.1) is 6.54 Å². The van der Waals surface area contributed by atoms with E-state index >= 15 is 0 Å². The molecule has 1 aliphatic carbocycles. The fourth-order valence-corrected chi connectivity index (χ4v) is 2.77. The van der Waals surface area contributed by atoms with Gasteiger partial charge in [-0.05, 0) is 6.42 Å². The maximum atomic E-state index is 6.08. The first-order valence-corrected chi connectivity index (χ1v) is 6.65. The maximum absolute atomic E-state index is 6.08. The Morgan fingerprint density at radius 3 is 2.65 bits per heavy atom. The van der Waals surface area contributed by atoms with Crippen molar-refractivity contribution in [2.75, 3.05) is 19.6 Å². The molecular formula is C13H14Cl2N2. The van der Waals surface area contributed by atoms with E-state index in [0.717, 1.165) is 31.9 Å². The first kappa shape index (κ1) is 11.4.